The summed E-state index contributed by atoms with van der Waals surface area (Å²) in [7, 11) is 0. The van der Waals surface area contributed by atoms with Crippen molar-refractivity contribution in [2.75, 3.05) is 18.1 Å². The molecule has 1 aromatic rings. The quantitative estimate of drug-likeness (QED) is 0.869. The molecule has 1 N–H and O–H groups in total. The van der Waals surface area contributed by atoms with Crippen LogP contribution in [0.2, 0.25) is 0 Å². The zero-order chi connectivity index (χ0) is 12.1. The first-order valence-electron chi connectivity index (χ1n) is 6.54. The molecule has 2 unspecified atom stereocenters. The van der Waals surface area contributed by atoms with Crippen LogP contribution in [0.15, 0.2) is 18.5 Å². The Balaban J connectivity index is 2.16. The SMILES string of the molecule is CCCNC(c1cnccc1C)C1CCSC1. The van der Waals surface area contributed by atoms with Crippen molar-refractivity contribution in [2.45, 2.75) is 32.7 Å². The summed E-state index contributed by atoms with van der Waals surface area (Å²) < 4.78 is 0. The average molecular weight is 250 g/mol. The van der Waals surface area contributed by atoms with E-state index in [9.17, 15) is 0 Å². The van der Waals surface area contributed by atoms with Gasteiger partial charge in [-0.25, -0.2) is 0 Å². The van der Waals surface area contributed by atoms with E-state index in [1.54, 1.807) is 0 Å². The third-order valence-corrected chi connectivity index (χ3v) is 4.65. The van der Waals surface area contributed by atoms with Crippen molar-refractivity contribution in [3.8, 4) is 0 Å². The predicted molar refractivity (Wildman–Crippen MR) is 75.4 cm³/mol. The lowest BCUT2D eigenvalue weighted by molar-refractivity contribution is 0.391. The fourth-order valence-corrected chi connectivity index (χ4v) is 3.75. The zero-order valence-electron chi connectivity index (χ0n) is 10.8. The van der Waals surface area contributed by atoms with E-state index in [2.05, 4.69) is 42.0 Å². The lowest BCUT2D eigenvalue weighted by atomic mass is 9.91. The second-order valence-corrected chi connectivity index (χ2v) is 5.94. The number of hydrogen-bond acceptors (Lipinski definition) is 3. The lowest BCUT2D eigenvalue weighted by Crippen LogP contribution is -2.29. The summed E-state index contributed by atoms with van der Waals surface area (Å²) >= 11 is 2.08. The molecule has 0 amide bonds. The standard InChI is InChI=1S/C14H22N2S/c1-3-6-16-14(12-5-8-17-10-12)13-9-15-7-4-11(13)2/h4,7,9,12,14,16H,3,5-6,8,10H2,1-2H3. The van der Waals surface area contributed by atoms with E-state index in [0.717, 1.165) is 12.5 Å². The van der Waals surface area contributed by atoms with Gasteiger partial charge in [-0.1, -0.05) is 6.92 Å². The van der Waals surface area contributed by atoms with Gasteiger partial charge in [-0.15, -0.1) is 0 Å². The maximum Gasteiger partial charge on any atom is 0.0374 e. The molecule has 0 aliphatic carbocycles. The van der Waals surface area contributed by atoms with Gasteiger partial charge in [0.25, 0.3) is 0 Å². The highest BCUT2D eigenvalue weighted by Gasteiger charge is 2.27. The number of nitrogens with zero attached hydrogens (tertiary/aromatic N) is 1. The summed E-state index contributed by atoms with van der Waals surface area (Å²) in [4.78, 5) is 4.30. The first-order chi connectivity index (χ1) is 8.33. The van der Waals surface area contributed by atoms with Crippen molar-refractivity contribution in [3.05, 3.63) is 29.6 Å². The molecule has 0 spiro atoms. The van der Waals surface area contributed by atoms with Gasteiger partial charge < -0.3 is 5.32 Å². The second-order valence-electron chi connectivity index (χ2n) is 4.79. The first kappa shape index (κ1) is 12.9. The van der Waals surface area contributed by atoms with Crippen LogP contribution in [-0.2, 0) is 0 Å². The van der Waals surface area contributed by atoms with Crippen molar-refractivity contribution in [3.63, 3.8) is 0 Å². The number of rotatable bonds is 5. The number of hydrogen-bond donors (Lipinski definition) is 1. The monoisotopic (exact) mass is 250 g/mol. The van der Waals surface area contributed by atoms with E-state index < -0.39 is 0 Å². The van der Waals surface area contributed by atoms with Gasteiger partial charge in [0.05, 0.1) is 0 Å². The minimum Gasteiger partial charge on any atom is -0.310 e. The first-order valence-corrected chi connectivity index (χ1v) is 7.70. The molecule has 0 aromatic carbocycles. The smallest absolute Gasteiger partial charge is 0.0374 e. The fourth-order valence-electron chi connectivity index (χ4n) is 2.45. The maximum atomic E-state index is 4.30. The Bertz CT molecular complexity index is 348. The average Bonchev–Trinajstić information content (AvgIpc) is 2.85. The maximum absolute atomic E-state index is 4.30. The van der Waals surface area contributed by atoms with E-state index >= 15 is 0 Å². The fraction of sp³-hybridized carbons (Fsp3) is 0.643. The van der Waals surface area contributed by atoms with Gasteiger partial charge in [-0.2, -0.15) is 11.8 Å². The van der Waals surface area contributed by atoms with Crippen LogP contribution in [0.25, 0.3) is 0 Å². The molecule has 1 aliphatic rings. The number of aromatic nitrogens is 1. The molecule has 0 bridgehead atoms. The molecule has 2 heterocycles. The number of aryl methyl sites for hydroxylation is 1. The van der Waals surface area contributed by atoms with Gasteiger partial charge in [-0.3, -0.25) is 4.98 Å². The predicted octanol–water partition coefficient (Wildman–Crippen LogP) is 3.18. The highest BCUT2D eigenvalue weighted by Crippen LogP contribution is 2.34. The lowest BCUT2D eigenvalue weighted by Gasteiger charge is -2.25. The highest BCUT2D eigenvalue weighted by atomic mass is 32.2. The molecule has 1 saturated heterocycles. The van der Waals surface area contributed by atoms with E-state index in [1.807, 2.05) is 12.4 Å². The Morgan fingerprint density at radius 2 is 2.47 bits per heavy atom. The van der Waals surface area contributed by atoms with Crippen LogP contribution in [0.1, 0.15) is 36.9 Å². The Morgan fingerprint density at radius 3 is 3.12 bits per heavy atom. The Morgan fingerprint density at radius 1 is 1.59 bits per heavy atom. The minimum atomic E-state index is 0.499. The van der Waals surface area contributed by atoms with E-state index in [0.29, 0.717) is 6.04 Å². The molecular weight excluding hydrogens is 228 g/mol. The van der Waals surface area contributed by atoms with Crippen LogP contribution < -0.4 is 5.32 Å². The van der Waals surface area contributed by atoms with Crippen molar-refractivity contribution < 1.29 is 0 Å². The number of nitrogens with one attached hydrogen (secondary N) is 1. The molecule has 94 valence electrons. The van der Waals surface area contributed by atoms with Crippen molar-refractivity contribution in [1.29, 1.82) is 0 Å². The normalized spacial score (nSPS) is 21.6. The molecule has 0 radical (unpaired) electrons. The van der Waals surface area contributed by atoms with Crippen LogP contribution in [0.5, 0.6) is 0 Å². The summed E-state index contributed by atoms with van der Waals surface area (Å²) in [5, 5.41) is 3.72. The third kappa shape index (κ3) is 3.23. The molecule has 17 heavy (non-hydrogen) atoms. The van der Waals surface area contributed by atoms with E-state index in [-0.39, 0.29) is 0 Å². The summed E-state index contributed by atoms with van der Waals surface area (Å²) in [6.07, 6.45) is 6.46. The minimum absolute atomic E-state index is 0.499. The van der Waals surface area contributed by atoms with Gasteiger partial charge in [0.1, 0.15) is 0 Å². The van der Waals surface area contributed by atoms with Crippen molar-refractivity contribution in [2.24, 2.45) is 5.92 Å². The molecule has 2 nitrogen and oxygen atoms in total. The van der Waals surface area contributed by atoms with Crippen LogP contribution in [-0.4, -0.2) is 23.0 Å². The molecule has 1 aromatic heterocycles. The third-order valence-electron chi connectivity index (χ3n) is 3.47. The van der Waals surface area contributed by atoms with Crippen molar-refractivity contribution >= 4 is 11.8 Å². The molecule has 1 aliphatic heterocycles. The van der Waals surface area contributed by atoms with Gasteiger partial charge in [0, 0.05) is 18.4 Å². The van der Waals surface area contributed by atoms with Crippen LogP contribution in [0.4, 0.5) is 0 Å². The van der Waals surface area contributed by atoms with Gasteiger partial charge >= 0.3 is 0 Å². The van der Waals surface area contributed by atoms with Gasteiger partial charge in [0.2, 0.25) is 0 Å². The molecule has 2 atom stereocenters. The summed E-state index contributed by atoms with van der Waals surface area (Å²) in [6.45, 7) is 5.52. The van der Waals surface area contributed by atoms with Crippen LogP contribution >= 0.6 is 11.8 Å². The van der Waals surface area contributed by atoms with Crippen molar-refractivity contribution in [1.82, 2.24) is 10.3 Å². The topological polar surface area (TPSA) is 24.9 Å². The Labute approximate surface area is 109 Å². The Kier molecular flexibility index (Phi) is 4.86. The summed E-state index contributed by atoms with van der Waals surface area (Å²) in [5.41, 5.74) is 2.76. The second kappa shape index (κ2) is 6.41. The number of thioether (sulfide) groups is 1. The largest absolute Gasteiger partial charge is 0.310 e. The van der Waals surface area contributed by atoms with Gasteiger partial charge in [-0.05, 0) is 60.9 Å². The van der Waals surface area contributed by atoms with Gasteiger partial charge in [0.15, 0.2) is 0 Å². The van der Waals surface area contributed by atoms with E-state index in [1.165, 1.54) is 35.5 Å². The molecule has 2 rings (SSSR count). The zero-order valence-corrected chi connectivity index (χ0v) is 11.6. The Hall–Kier alpha value is -0.540. The van der Waals surface area contributed by atoms with Crippen LogP contribution in [0, 0.1) is 12.8 Å². The number of pyridine rings is 1. The van der Waals surface area contributed by atoms with E-state index in [4.69, 9.17) is 0 Å². The molecule has 0 saturated carbocycles. The molecule has 1 fully saturated rings. The summed E-state index contributed by atoms with van der Waals surface area (Å²) in [6, 6.07) is 2.62. The van der Waals surface area contributed by atoms with Crippen LogP contribution in [0.3, 0.4) is 0 Å². The highest BCUT2D eigenvalue weighted by molar-refractivity contribution is 7.99. The molecular formula is C14H22N2S. The summed E-state index contributed by atoms with van der Waals surface area (Å²) in [5.74, 6) is 3.37. The molecule has 3 heteroatoms.